The third-order valence-electron chi connectivity index (χ3n) is 4.40. The molecule has 4 nitrogen and oxygen atoms in total. The Morgan fingerprint density at radius 2 is 1.56 bits per heavy atom. The Hall–Kier alpha value is -3.37. The zero-order valence-corrected chi connectivity index (χ0v) is 14.7. The minimum absolute atomic E-state index is 0.115. The fraction of sp³-hybridized carbons (Fsp3) is 0. The van der Waals surface area contributed by atoms with Gasteiger partial charge in [0.2, 0.25) is 11.2 Å². The molecule has 3 aromatic rings. The van der Waals surface area contributed by atoms with Gasteiger partial charge in [-0.2, -0.15) is 0 Å². The fourth-order valence-corrected chi connectivity index (χ4v) is 3.25. The van der Waals surface area contributed by atoms with Gasteiger partial charge in [0.05, 0.1) is 0 Å². The highest BCUT2D eigenvalue weighted by Crippen LogP contribution is 2.38. The van der Waals surface area contributed by atoms with Crippen molar-refractivity contribution in [1.29, 1.82) is 0 Å². The van der Waals surface area contributed by atoms with Crippen molar-refractivity contribution in [1.82, 2.24) is 4.98 Å². The van der Waals surface area contributed by atoms with E-state index in [2.05, 4.69) is 0 Å². The number of para-hydroxylation sites is 2. The number of hydrogen-bond acceptors (Lipinski definition) is 4. The fourth-order valence-electron chi connectivity index (χ4n) is 3.13. The number of aromatic nitrogens is 1. The van der Waals surface area contributed by atoms with Gasteiger partial charge in [-0.15, -0.1) is 0 Å². The zero-order valence-electron chi connectivity index (χ0n) is 14.0. The van der Waals surface area contributed by atoms with E-state index in [4.69, 9.17) is 25.7 Å². The average molecular weight is 374 g/mol. The second-order valence-corrected chi connectivity index (χ2v) is 6.56. The molecule has 0 unspecified atom stereocenters. The van der Waals surface area contributed by atoms with Crippen LogP contribution in [-0.4, -0.2) is 4.98 Å². The van der Waals surface area contributed by atoms with Crippen molar-refractivity contribution >= 4 is 33.5 Å². The van der Waals surface area contributed by atoms with Gasteiger partial charge >= 0.3 is 0 Å². The molecule has 0 aromatic heterocycles. The summed E-state index contributed by atoms with van der Waals surface area (Å²) in [6, 6.07) is 21.6. The van der Waals surface area contributed by atoms with Crippen LogP contribution in [0.15, 0.2) is 82.0 Å². The lowest BCUT2D eigenvalue weighted by Crippen LogP contribution is -2.09. The van der Waals surface area contributed by atoms with E-state index in [1.54, 1.807) is 30.3 Å². The lowest BCUT2D eigenvalue weighted by Gasteiger charge is -2.14. The number of ether oxygens (including phenoxy) is 1. The number of fused-ring (bicyclic) bond motifs is 4. The first-order chi connectivity index (χ1) is 13.2. The summed E-state index contributed by atoms with van der Waals surface area (Å²) < 4.78 is 12.0. The summed E-state index contributed by atoms with van der Waals surface area (Å²) in [7, 11) is 0. The van der Waals surface area contributed by atoms with Crippen LogP contribution in [0, 0.1) is 0 Å². The van der Waals surface area contributed by atoms with Crippen LogP contribution in [0.3, 0.4) is 0 Å². The van der Waals surface area contributed by atoms with Crippen molar-refractivity contribution in [2.24, 2.45) is 0 Å². The summed E-state index contributed by atoms with van der Waals surface area (Å²) in [6.07, 6.45) is 0. The molecule has 0 spiro atoms. The van der Waals surface area contributed by atoms with Crippen LogP contribution in [0.2, 0.25) is 5.02 Å². The van der Waals surface area contributed by atoms with E-state index in [0.717, 1.165) is 5.39 Å². The molecule has 1 aliphatic heterocycles. The maximum absolute atomic E-state index is 13.1. The Morgan fingerprint density at radius 1 is 0.852 bits per heavy atom. The predicted octanol–water partition coefficient (Wildman–Crippen LogP) is 5.89. The zero-order chi connectivity index (χ0) is 18.4. The highest BCUT2D eigenvalue weighted by molar-refractivity contribution is 6.30. The van der Waals surface area contributed by atoms with Gasteiger partial charge in [0, 0.05) is 15.8 Å². The number of rotatable bonds is 2. The molecule has 0 saturated carbocycles. The molecule has 0 bridgehead atoms. The molecule has 3 aromatic carbocycles. The monoisotopic (exact) mass is 373 g/mol. The van der Waals surface area contributed by atoms with Crippen molar-refractivity contribution in [3.63, 3.8) is 0 Å². The first kappa shape index (κ1) is 15.9. The first-order valence-corrected chi connectivity index (χ1v) is 8.76. The van der Waals surface area contributed by atoms with Gasteiger partial charge in [-0.25, -0.2) is 4.98 Å². The Bertz CT molecular complexity index is 1330. The molecule has 0 amide bonds. The minimum atomic E-state index is -0.242. The molecule has 0 radical (unpaired) electrons. The van der Waals surface area contributed by atoms with Gasteiger partial charge in [0.1, 0.15) is 17.0 Å². The Kier molecular flexibility index (Phi) is 3.59. The van der Waals surface area contributed by atoms with Gasteiger partial charge in [-0.05, 0) is 36.4 Å². The largest absolute Gasteiger partial charge is 0.449 e. The molecular weight excluding hydrogens is 362 g/mol. The number of benzene rings is 4. The summed E-state index contributed by atoms with van der Waals surface area (Å²) >= 11 is 5.94. The molecule has 5 heteroatoms. The first-order valence-electron chi connectivity index (χ1n) is 8.38. The Morgan fingerprint density at radius 3 is 2.37 bits per heavy atom. The van der Waals surface area contributed by atoms with Crippen molar-refractivity contribution in [3.05, 3.63) is 88.0 Å². The van der Waals surface area contributed by atoms with E-state index in [1.807, 2.05) is 42.5 Å². The molecule has 0 saturated heterocycles. The van der Waals surface area contributed by atoms with E-state index in [1.165, 1.54) is 0 Å². The van der Waals surface area contributed by atoms with Crippen molar-refractivity contribution in [2.75, 3.05) is 0 Å². The lowest BCUT2D eigenvalue weighted by atomic mass is 10.0. The standard InChI is InChI=1S/C22H12ClNO3/c23-13-9-11-14(12-10-13)26-22-20(25)16-6-2-1-5-15(16)19-21(22)27-18-8-4-3-7-17(18)24-19/h1-12H. The van der Waals surface area contributed by atoms with Gasteiger partial charge in [-0.3, -0.25) is 4.79 Å². The molecule has 0 N–H and O–H groups in total. The van der Waals surface area contributed by atoms with Gasteiger partial charge in [0.15, 0.2) is 11.3 Å². The predicted molar refractivity (Wildman–Crippen MR) is 106 cm³/mol. The summed E-state index contributed by atoms with van der Waals surface area (Å²) in [5, 5.41) is 1.85. The molecule has 0 fully saturated rings. The van der Waals surface area contributed by atoms with E-state index in [9.17, 15) is 4.79 Å². The van der Waals surface area contributed by atoms with E-state index in [-0.39, 0.29) is 11.2 Å². The van der Waals surface area contributed by atoms with Crippen LogP contribution in [0.4, 0.5) is 0 Å². The van der Waals surface area contributed by atoms with Crippen molar-refractivity contribution in [2.45, 2.75) is 0 Å². The van der Waals surface area contributed by atoms with Crippen LogP contribution >= 0.6 is 11.6 Å². The highest BCUT2D eigenvalue weighted by atomic mass is 35.5. The molecule has 130 valence electrons. The lowest BCUT2D eigenvalue weighted by molar-refractivity contribution is 0.459. The summed E-state index contributed by atoms with van der Waals surface area (Å²) in [6.45, 7) is 0. The Labute approximate surface area is 158 Å². The van der Waals surface area contributed by atoms with Crippen molar-refractivity contribution < 1.29 is 9.15 Å². The van der Waals surface area contributed by atoms with E-state index < -0.39 is 0 Å². The summed E-state index contributed by atoms with van der Waals surface area (Å²) in [5.41, 5.74) is 1.65. The number of hydrogen-bond donors (Lipinski definition) is 0. The molecule has 5 rings (SSSR count). The Balaban J connectivity index is 1.87. The van der Waals surface area contributed by atoms with Gasteiger partial charge in [-0.1, -0.05) is 48.0 Å². The second-order valence-electron chi connectivity index (χ2n) is 6.12. The van der Waals surface area contributed by atoms with Gasteiger partial charge in [0.25, 0.3) is 0 Å². The second kappa shape index (κ2) is 6.11. The molecule has 1 aliphatic carbocycles. The van der Waals surface area contributed by atoms with Crippen LogP contribution in [0.5, 0.6) is 11.5 Å². The topological polar surface area (TPSA) is 52.3 Å². The van der Waals surface area contributed by atoms with E-state index >= 15 is 0 Å². The molecule has 27 heavy (non-hydrogen) atoms. The number of halogens is 1. The number of nitrogens with zero attached hydrogens (tertiary/aromatic N) is 1. The maximum atomic E-state index is 13.1. The summed E-state index contributed by atoms with van der Waals surface area (Å²) in [5.74, 6) is 0.938. The van der Waals surface area contributed by atoms with Crippen LogP contribution in [0.25, 0.3) is 33.3 Å². The molecule has 0 atom stereocenters. The molecule has 1 heterocycles. The molecular formula is C22H12ClNO3. The minimum Gasteiger partial charge on any atom is -0.449 e. The van der Waals surface area contributed by atoms with Crippen LogP contribution in [-0.2, 0) is 0 Å². The maximum Gasteiger partial charge on any atom is 0.232 e. The third-order valence-corrected chi connectivity index (χ3v) is 4.65. The van der Waals surface area contributed by atoms with Gasteiger partial charge < -0.3 is 9.15 Å². The third kappa shape index (κ3) is 2.62. The van der Waals surface area contributed by atoms with Crippen LogP contribution in [0.1, 0.15) is 0 Å². The van der Waals surface area contributed by atoms with E-state index in [0.29, 0.717) is 38.7 Å². The highest BCUT2D eigenvalue weighted by Gasteiger charge is 2.24. The van der Waals surface area contributed by atoms with Crippen molar-refractivity contribution in [3.8, 4) is 23.0 Å². The molecule has 2 aliphatic rings. The quantitative estimate of drug-likeness (QED) is 0.286. The average Bonchev–Trinajstić information content (AvgIpc) is 2.71. The normalized spacial score (nSPS) is 11.3. The summed E-state index contributed by atoms with van der Waals surface area (Å²) in [4.78, 5) is 17.8. The SMILES string of the molecule is O=c1c(Oc2ccc(Cl)cc2)c2oc3ccccc3nc-2c2ccccc12. The smallest absolute Gasteiger partial charge is 0.232 e. The van der Waals surface area contributed by atoms with Crippen LogP contribution < -0.4 is 10.2 Å².